The zero-order valence-corrected chi connectivity index (χ0v) is 15.4. The molecule has 0 aliphatic carbocycles. The summed E-state index contributed by atoms with van der Waals surface area (Å²) in [4.78, 5) is 12.0. The Morgan fingerprint density at radius 3 is 2.71 bits per heavy atom. The summed E-state index contributed by atoms with van der Waals surface area (Å²) in [5.41, 5.74) is 2.49. The van der Waals surface area contributed by atoms with Gasteiger partial charge in [-0.2, -0.15) is 0 Å². The molecule has 24 heavy (non-hydrogen) atoms. The fourth-order valence-corrected chi connectivity index (χ4v) is 3.05. The van der Waals surface area contributed by atoms with Crippen molar-refractivity contribution >= 4 is 5.91 Å². The summed E-state index contributed by atoms with van der Waals surface area (Å²) >= 11 is 0. The van der Waals surface area contributed by atoms with Gasteiger partial charge in [-0.1, -0.05) is 45.0 Å². The minimum absolute atomic E-state index is 0.0305. The Morgan fingerprint density at radius 1 is 1.33 bits per heavy atom. The van der Waals surface area contributed by atoms with Crippen LogP contribution in [0.1, 0.15) is 44.7 Å². The lowest BCUT2D eigenvalue weighted by atomic mass is 9.84. The predicted octanol–water partition coefficient (Wildman–Crippen LogP) is 2.66. The summed E-state index contributed by atoms with van der Waals surface area (Å²) in [6.07, 6.45) is 3.44. The van der Waals surface area contributed by atoms with Crippen molar-refractivity contribution in [1.29, 1.82) is 0 Å². The van der Waals surface area contributed by atoms with Crippen LogP contribution in [-0.4, -0.2) is 38.8 Å². The first-order chi connectivity index (χ1) is 11.5. The van der Waals surface area contributed by atoms with Gasteiger partial charge in [0.05, 0.1) is 6.61 Å². The molecule has 1 aromatic rings. The van der Waals surface area contributed by atoms with E-state index in [0.29, 0.717) is 19.1 Å². The molecule has 1 fully saturated rings. The fraction of sp³-hybridized carbons (Fsp3) is 0.650. The molecule has 0 unspecified atom stereocenters. The van der Waals surface area contributed by atoms with Crippen molar-refractivity contribution in [2.45, 2.75) is 45.4 Å². The molecule has 2 N–H and O–H groups in total. The predicted molar refractivity (Wildman–Crippen MR) is 98.3 cm³/mol. The fourth-order valence-electron chi connectivity index (χ4n) is 3.05. The Bertz CT molecular complexity index is 505. The number of aryl methyl sites for hydroxylation is 1. The van der Waals surface area contributed by atoms with Crippen LogP contribution in [0.3, 0.4) is 0 Å². The van der Waals surface area contributed by atoms with Crippen LogP contribution in [0.15, 0.2) is 24.3 Å². The van der Waals surface area contributed by atoms with Gasteiger partial charge in [0.1, 0.15) is 6.61 Å². The Hall–Kier alpha value is -1.39. The normalized spacial score (nSPS) is 18.4. The molecule has 4 nitrogen and oxygen atoms in total. The van der Waals surface area contributed by atoms with Crippen LogP contribution in [0.4, 0.5) is 0 Å². The number of carbonyl (C=O) groups excluding carboxylic acids is 1. The van der Waals surface area contributed by atoms with E-state index in [2.05, 4.69) is 55.7 Å². The second kappa shape index (κ2) is 9.19. The van der Waals surface area contributed by atoms with Crippen molar-refractivity contribution in [3.8, 4) is 0 Å². The van der Waals surface area contributed by atoms with Gasteiger partial charge in [0.2, 0.25) is 5.91 Å². The van der Waals surface area contributed by atoms with Crippen LogP contribution >= 0.6 is 0 Å². The number of hydrogen-bond acceptors (Lipinski definition) is 3. The number of benzene rings is 1. The van der Waals surface area contributed by atoms with E-state index in [9.17, 15) is 4.79 Å². The number of rotatable bonds is 8. The quantitative estimate of drug-likeness (QED) is 0.769. The first-order valence-electron chi connectivity index (χ1n) is 9.16. The smallest absolute Gasteiger partial charge is 0.246 e. The van der Waals surface area contributed by atoms with Crippen LogP contribution in [0.5, 0.6) is 0 Å². The van der Waals surface area contributed by atoms with Gasteiger partial charge >= 0.3 is 0 Å². The lowest BCUT2D eigenvalue weighted by Crippen LogP contribution is -2.39. The van der Waals surface area contributed by atoms with Crippen molar-refractivity contribution in [2.24, 2.45) is 5.92 Å². The standard InChI is InChI=1S/C20H32N2O2/c1-4-16-7-9-18(10-8-16)20(2,3)15-22-19(23)14-24-13-17-6-5-11-21-12-17/h7-10,17,21H,4-6,11-15H2,1-3H3,(H,22,23)/t17-/m0/s1. The van der Waals surface area contributed by atoms with Gasteiger partial charge in [-0.3, -0.25) is 4.79 Å². The Kier molecular flexibility index (Phi) is 7.25. The van der Waals surface area contributed by atoms with Crippen LogP contribution < -0.4 is 10.6 Å². The molecule has 1 amide bonds. The maximum Gasteiger partial charge on any atom is 0.246 e. The highest BCUT2D eigenvalue weighted by molar-refractivity contribution is 5.77. The van der Waals surface area contributed by atoms with E-state index in [1.807, 2.05) is 0 Å². The van der Waals surface area contributed by atoms with Crippen LogP contribution in [0, 0.1) is 5.92 Å². The van der Waals surface area contributed by atoms with Gasteiger partial charge in [0, 0.05) is 18.5 Å². The minimum Gasteiger partial charge on any atom is -0.371 e. The highest BCUT2D eigenvalue weighted by Crippen LogP contribution is 2.22. The van der Waals surface area contributed by atoms with Crippen molar-refractivity contribution in [1.82, 2.24) is 10.6 Å². The third-order valence-corrected chi connectivity index (χ3v) is 4.86. The lowest BCUT2D eigenvalue weighted by Gasteiger charge is -2.26. The summed E-state index contributed by atoms with van der Waals surface area (Å²) in [6, 6.07) is 8.66. The van der Waals surface area contributed by atoms with Gasteiger partial charge in [-0.15, -0.1) is 0 Å². The largest absolute Gasteiger partial charge is 0.371 e. The molecular formula is C20H32N2O2. The van der Waals surface area contributed by atoms with Gasteiger partial charge in [0.25, 0.3) is 0 Å². The molecule has 1 aromatic carbocycles. The lowest BCUT2D eigenvalue weighted by molar-refractivity contribution is -0.126. The third-order valence-electron chi connectivity index (χ3n) is 4.86. The first kappa shape index (κ1) is 18.9. The number of nitrogens with one attached hydrogen (secondary N) is 2. The molecule has 0 spiro atoms. The van der Waals surface area contributed by atoms with Gasteiger partial charge in [-0.25, -0.2) is 0 Å². The van der Waals surface area contributed by atoms with Gasteiger partial charge < -0.3 is 15.4 Å². The molecule has 0 bridgehead atoms. The molecular weight excluding hydrogens is 300 g/mol. The van der Waals surface area contributed by atoms with E-state index in [4.69, 9.17) is 4.74 Å². The summed E-state index contributed by atoms with van der Waals surface area (Å²) in [5.74, 6) is 0.511. The molecule has 1 atom stereocenters. The van der Waals surface area contributed by atoms with Crippen LogP contribution in [-0.2, 0) is 21.4 Å². The first-order valence-corrected chi connectivity index (χ1v) is 9.16. The number of piperidine rings is 1. The zero-order valence-electron chi connectivity index (χ0n) is 15.4. The topological polar surface area (TPSA) is 50.4 Å². The Morgan fingerprint density at radius 2 is 2.08 bits per heavy atom. The van der Waals surface area contributed by atoms with E-state index < -0.39 is 0 Å². The molecule has 1 heterocycles. The molecule has 1 aliphatic rings. The van der Waals surface area contributed by atoms with Crippen LogP contribution in [0.2, 0.25) is 0 Å². The van der Waals surface area contributed by atoms with Crippen LogP contribution in [0.25, 0.3) is 0 Å². The molecule has 0 saturated carbocycles. The molecule has 4 heteroatoms. The van der Waals surface area contributed by atoms with E-state index >= 15 is 0 Å². The third kappa shape index (κ3) is 5.91. The molecule has 0 radical (unpaired) electrons. The maximum absolute atomic E-state index is 12.0. The van der Waals surface area contributed by atoms with E-state index in [-0.39, 0.29) is 17.9 Å². The monoisotopic (exact) mass is 332 g/mol. The van der Waals surface area contributed by atoms with E-state index in [0.717, 1.165) is 19.5 Å². The van der Waals surface area contributed by atoms with Gasteiger partial charge in [0.15, 0.2) is 0 Å². The van der Waals surface area contributed by atoms with Crippen molar-refractivity contribution in [3.63, 3.8) is 0 Å². The highest BCUT2D eigenvalue weighted by Gasteiger charge is 2.21. The Labute approximate surface area is 146 Å². The SMILES string of the molecule is CCc1ccc(C(C)(C)CNC(=O)COC[C@H]2CCCNC2)cc1. The average molecular weight is 332 g/mol. The number of ether oxygens (including phenoxy) is 1. The molecule has 2 rings (SSSR count). The molecule has 0 aromatic heterocycles. The maximum atomic E-state index is 12.0. The number of amides is 1. The second-order valence-corrected chi connectivity index (χ2v) is 7.44. The summed E-state index contributed by atoms with van der Waals surface area (Å²) in [6.45, 7) is 10.0. The number of carbonyl (C=O) groups is 1. The van der Waals surface area contributed by atoms with E-state index in [1.165, 1.54) is 24.0 Å². The van der Waals surface area contributed by atoms with Crippen molar-refractivity contribution in [2.75, 3.05) is 32.8 Å². The average Bonchev–Trinajstić information content (AvgIpc) is 2.61. The second-order valence-electron chi connectivity index (χ2n) is 7.44. The summed E-state index contributed by atoms with van der Waals surface area (Å²) < 4.78 is 5.58. The van der Waals surface area contributed by atoms with Gasteiger partial charge in [-0.05, 0) is 42.9 Å². The highest BCUT2D eigenvalue weighted by atomic mass is 16.5. The minimum atomic E-state index is -0.0881. The zero-order chi connectivity index (χ0) is 17.4. The summed E-state index contributed by atoms with van der Waals surface area (Å²) in [7, 11) is 0. The molecule has 134 valence electrons. The Balaban J connectivity index is 1.70. The summed E-state index contributed by atoms with van der Waals surface area (Å²) in [5, 5.41) is 6.37. The molecule has 1 saturated heterocycles. The number of hydrogen-bond donors (Lipinski definition) is 2. The molecule has 1 aliphatic heterocycles. The van der Waals surface area contributed by atoms with E-state index in [1.54, 1.807) is 0 Å². The van der Waals surface area contributed by atoms with Crippen molar-refractivity contribution < 1.29 is 9.53 Å². The van der Waals surface area contributed by atoms with Crippen molar-refractivity contribution in [3.05, 3.63) is 35.4 Å².